The molecule has 1 aromatic carbocycles. The average molecular weight is 398 g/mol. The molecule has 3 rings (SSSR count). The van der Waals surface area contributed by atoms with E-state index < -0.39 is 5.97 Å². The van der Waals surface area contributed by atoms with E-state index in [0.717, 1.165) is 41.9 Å². The highest BCUT2D eigenvalue weighted by atomic mass is 16.4. The van der Waals surface area contributed by atoms with Crippen molar-refractivity contribution in [3.05, 3.63) is 52.8 Å². The highest BCUT2D eigenvalue weighted by Gasteiger charge is 2.26. The van der Waals surface area contributed by atoms with Gasteiger partial charge >= 0.3 is 5.97 Å². The summed E-state index contributed by atoms with van der Waals surface area (Å²) in [5.41, 5.74) is 5.02. The van der Waals surface area contributed by atoms with Crippen LogP contribution in [0.25, 0.3) is 5.69 Å². The van der Waals surface area contributed by atoms with Crippen LogP contribution in [0.3, 0.4) is 0 Å². The quantitative estimate of drug-likeness (QED) is 0.840. The van der Waals surface area contributed by atoms with Gasteiger partial charge in [0, 0.05) is 36.2 Å². The summed E-state index contributed by atoms with van der Waals surface area (Å²) in [4.78, 5) is 28.1. The van der Waals surface area contributed by atoms with E-state index >= 15 is 0 Å². The van der Waals surface area contributed by atoms with Gasteiger partial charge in [0.05, 0.1) is 12.1 Å². The largest absolute Gasteiger partial charge is 0.480 e. The lowest BCUT2D eigenvalue weighted by molar-refractivity contribution is -0.138. The summed E-state index contributed by atoms with van der Waals surface area (Å²) >= 11 is 0. The van der Waals surface area contributed by atoms with Crippen LogP contribution in [0.4, 0.5) is 0 Å². The van der Waals surface area contributed by atoms with Gasteiger partial charge in [0.25, 0.3) is 5.91 Å². The molecule has 0 aliphatic carbocycles. The maximum Gasteiger partial charge on any atom is 0.317 e. The molecular formula is C23H31N3O3. The van der Waals surface area contributed by atoms with Crippen LogP contribution in [-0.2, 0) is 4.79 Å². The summed E-state index contributed by atoms with van der Waals surface area (Å²) in [5.74, 6) is -0.744. The molecule has 156 valence electrons. The number of amides is 1. The van der Waals surface area contributed by atoms with Crippen molar-refractivity contribution in [1.82, 2.24) is 14.4 Å². The fraction of sp³-hybridized carbons (Fsp3) is 0.478. The van der Waals surface area contributed by atoms with E-state index in [1.54, 1.807) is 0 Å². The average Bonchev–Trinajstić information content (AvgIpc) is 2.83. The van der Waals surface area contributed by atoms with Crippen LogP contribution in [0.5, 0.6) is 0 Å². The number of aliphatic carboxylic acids is 1. The van der Waals surface area contributed by atoms with E-state index in [2.05, 4.69) is 29.7 Å². The second-order valence-electron chi connectivity index (χ2n) is 8.14. The maximum absolute atomic E-state index is 13.3. The fourth-order valence-electron chi connectivity index (χ4n) is 4.38. The lowest BCUT2D eigenvalue weighted by atomic mass is 10.1. The number of likely N-dealkylation sites (N-methyl/N-ethyl adjacent to an activating group) is 1. The van der Waals surface area contributed by atoms with Crippen LogP contribution in [0, 0.1) is 20.8 Å². The Bertz CT molecular complexity index is 903. The number of benzene rings is 1. The molecule has 1 aromatic heterocycles. The van der Waals surface area contributed by atoms with Gasteiger partial charge in [-0.1, -0.05) is 12.1 Å². The summed E-state index contributed by atoms with van der Waals surface area (Å²) in [6.07, 6.45) is 2.60. The molecular weight excluding hydrogens is 366 g/mol. The molecule has 1 fully saturated rings. The molecule has 1 saturated heterocycles. The van der Waals surface area contributed by atoms with Crippen LogP contribution in [0.15, 0.2) is 30.3 Å². The molecule has 2 aromatic rings. The summed E-state index contributed by atoms with van der Waals surface area (Å²) in [6.45, 7) is 7.51. The lowest BCUT2D eigenvalue weighted by Gasteiger charge is -2.25. The van der Waals surface area contributed by atoms with Crippen molar-refractivity contribution < 1.29 is 14.7 Å². The van der Waals surface area contributed by atoms with Crippen LogP contribution in [0.1, 0.15) is 46.6 Å². The molecule has 6 nitrogen and oxygen atoms in total. The molecule has 1 amide bonds. The van der Waals surface area contributed by atoms with Gasteiger partial charge in [-0.25, -0.2) is 0 Å². The van der Waals surface area contributed by atoms with E-state index in [4.69, 9.17) is 5.11 Å². The van der Waals surface area contributed by atoms with Crippen LogP contribution >= 0.6 is 0 Å². The zero-order chi connectivity index (χ0) is 21.1. The molecule has 1 aliphatic heterocycles. The number of likely N-dealkylation sites (tertiary alicyclic amines) is 1. The minimum absolute atomic E-state index is 0.0380. The summed E-state index contributed by atoms with van der Waals surface area (Å²) in [5, 5.41) is 9.04. The first kappa shape index (κ1) is 21.1. The van der Waals surface area contributed by atoms with Crippen molar-refractivity contribution in [2.45, 2.75) is 46.1 Å². The van der Waals surface area contributed by atoms with E-state index in [1.807, 2.05) is 42.8 Å². The van der Waals surface area contributed by atoms with Crippen molar-refractivity contribution in [2.75, 3.05) is 26.7 Å². The van der Waals surface area contributed by atoms with Gasteiger partial charge in [0.15, 0.2) is 0 Å². The SMILES string of the molecule is Cc1cccc(-n2c(C)cc(C(=O)N3CCCC(N(C)CC(=O)O)CC3)c2C)c1. The normalized spacial score (nSPS) is 17.4. The Morgan fingerprint density at radius 3 is 2.59 bits per heavy atom. The number of aromatic nitrogens is 1. The Labute approximate surface area is 172 Å². The summed E-state index contributed by atoms with van der Waals surface area (Å²) in [7, 11) is 1.85. The second kappa shape index (κ2) is 8.82. The van der Waals surface area contributed by atoms with Crippen LogP contribution in [0.2, 0.25) is 0 Å². The number of aryl methyl sites for hydroxylation is 2. The smallest absolute Gasteiger partial charge is 0.317 e. The van der Waals surface area contributed by atoms with Crippen molar-refractivity contribution in [2.24, 2.45) is 0 Å². The molecule has 0 spiro atoms. The molecule has 1 aliphatic rings. The Balaban J connectivity index is 1.77. The minimum atomic E-state index is -0.812. The number of carbonyl (C=O) groups excluding carboxylic acids is 1. The molecule has 1 unspecified atom stereocenters. The molecule has 1 atom stereocenters. The Morgan fingerprint density at radius 1 is 1.14 bits per heavy atom. The highest BCUT2D eigenvalue weighted by molar-refractivity contribution is 5.96. The highest BCUT2D eigenvalue weighted by Crippen LogP contribution is 2.24. The first-order valence-corrected chi connectivity index (χ1v) is 10.2. The standard InChI is InChI=1S/C23H31N3O3/c1-16-7-5-8-20(13-16)26-17(2)14-21(18(26)3)23(29)25-11-6-9-19(10-12-25)24(4)15-22(27)28/h5,7-8,13-14,19H,6,9-12,15H2,1-4H3,(H,27,28). The fourth-order valence-corrected chi connectivity index (χ4v) is 4.38. The molecule has 1 N–H and O–H groups in total. The molecule has 0 saturated carbocycles. The third kappa shape index (κ3) is 4.70. The molecule has 0 radical (unpaired) electrons. The number of nitrogens with zero attached hydrogens (tertiary/aromatic N) is 3. The van der Waals surface area contributed by atoms with Crippen molar-refractivity contribution in [1.29, 1.82) is 0 Å². The maximum atomic E-state index is 13.3. The molecule has 0 bridgehead atoms. The second-order valence-corrected chi connectivity index (χ2v) is 8.14. The van der Waals surface area contributed by atoms with Gasteiger partial charge in [0.1, 0.15) is 0 Å². The third-order valence-electron chi connectivity index (χ3n) is 5.91. The number of carboxylic acids is 1. The molecule has 2 heterocycles. The van der Waals surface area contributed by atoms with Gasteiger partial charge < -0.3 is 14.6 Å². The van der Waals surface area contributed by atoms with E-state index in [-0.39, 0.29) is 18.5 Å². The van der Waals surface area contributed by atoms with Gasteiger partial charge in [0.2, 0.25) is 0 Å². The number of carboxylic acid groups (broad SMARTS) is 1. The first-order valence-electron chi connectivity index (χ1n) is 10.2. The number of hydrogen-bond acceptors (Lipinski definition) is 3. The van der Waals surface area contributed by atoms with Gasteiger partial charge in [-0.05, 0) is 70.8 Å². The van der Waals surface area contributed by atoms with Crippen molar-refractivity contribution >= 4 is 11.9 Å². The topological polar surface area (TPSA) is 65.8 Å². The van der Waals surface area contributed by atoms with Gasteiger partial charge in [-0.15, -0.1) is 0 Å². The summed E-state index contributed by atoms with van der Waals surface area (Å²) < 4.78 is 2.14. The predicted octanol–water partition coefficient (Wildman–Crippen LogP) is 3.41. The van der Waals surface area contributed by atoms with E-state index in [0.29, 0.717) is 13.1 Å². The van der Waals surface area contributed by atoms with Crippen LogP contribution < -0.4 is 0 Å². The predicted molar refractivity (Wildman–Crippen MR) is 114 cm³/mol. The zero-order valence-corrected chi connectivity index (χ0v) is 17.8. The Morgan fingerprint density at radius 2 is 1.90 bits per heavy atom. The zero-order valence-electron chi connectivity index (χ0n) is 17.8. The number of carbonyl (C=O) groups is 2. The van der Waals surface area contributed by atoms with Gasteiger partial charge in [-0.2, -0.15) is 0 Å². The minimum Gasteiger partial charge on any atom is -0.480 e. The number of rotatable bonds is 5. The van der Waals surface area contributed by atoms with Crippen molar-refractivity contribution in [3.8, 4) is 5.69 Å². The van der Waals surface area contributed by atoms with E-state index in [9.17, 15) is 9.59 Å². The first-order chi connectivity index (χ1) is 13.8. The Kier molecular flexibility index (Phi) is 6.42. The number of hydrogen-bond donors (Lipinski definition) is 1. The van der Waals surface area contributed by atoms with E-state index in [1.165, 1.54) is 5.56 Å². The third-order valence-corrected chi connectivity index (χ3v) is 5.91. The lowest BCUT2D eigenvalue weighted by Crippen LogP contribution is -2.37. The van der Waals surface area contributed by atoms with Gasteiger partial charge in [-0.3, -0.25) is 14.5 Å². The molecule has 29 heavy (non-hydrogen) atoms. The summed E-state index contributed by atoms with van der Waals surface area (Å²) in [6, 6.07) is 10.5. The Hall–Kier alpha value is -2.60. The molecule has 6 heteroatoms. The van der Waals surface area contributed by atoms with Crippen LogP contribution in [-0.4, -0.2) is 64.1 Å². The van der Waals surface area contributed by atoms with Crippen molar-refractivity contribution in [3.63, 3.8) is 0 Å². The monoisotopic (exact) mass is 397 g/mol.